The van der Waals surface area contributed by atoms with Gasteiger partial charge in [0.1, 0.15) is 5.01 Å². The van der Waals surface area contributed by atoms with Crippen LogP contribution < -0.4 is 21.5 Å². The van der Waals surface area contributed by atoms with Crippen LogP contribution in [-0.2, 0) is 6.54 Å². The Morgan fingerprint density at radius 2 is 2.09 bits per heavy atom. The Bertz CT molecular complexity index is 1140. The zero-order chi connectivity index (χ0) is 22.8. The normalized spacial score (nSPS) is 24.3. The molecule has 5 rings (SSSR count). The van der Waals surface area contributed by atoms with Crippen molar-refractivity contribution in [2.75, 3.05) is 11.9 Å². The van der Waals surface area contributed by atoms with Crippen LogP contribution in [0.5, 0.6) is 0 Å². The number of aryl methyl sites for hydroxylation is 1. The number of fused-ring (bicyclic) bond motifs is 1. The van der Waals surface area contributed by atoms with Gasteiger partial charge in [-0.05, 0) is 44.0 Å². The number of hydrogen-bond donors (Lipinski definition) is 4. The average molecular weight is 484 g/mol. The van der Waals surface area contributed by atoms with Gasteiger partial charge in [0.25, 0.3) is 5.91 Å². The van der Waals surface area contributed by atoms with Crippen LogP contribution in [0.2, 0.25) is 0 Å². The number of amides is 1. The number of nitrogens with zero attached hydrogens (tertiary/aromatic N) is 3. The second kappa shape index (κ2) is 9.72. The molecular weight excluding hydrogens is 458 g/mol. The van der Waals surface area contributed by atoms with Crippen molar-refractivity contribution < 1.29 is 4.79 Å². The van der Waals surface area contributed by atoms with Crippen molar-refractivity contribution in [3.63, 3.8) is 0 Å². The fourth-order valence-corrected chi connectivity index (χ4v) is 5.72. The van der Waals surface area contributed by atoms with Gasteiger partial charge in [0.05, 0.1) is 17.6 Å². The van der Waals surface area contributed by atoms with Gasteiger partial charge in [-0.1, -0.05) is 29.5 Å². The van der Waals surface area contributed by atoms with Gasteiger partial charge in [0, 0.05) is 41.4 Å². The van der Waals surface area contributed by atoms with Crippen LogP contribution >= 0.6 is 22.9 Å². The number of rotatable bonds is 6. The van der Waals surface area contributed by atoms with Gasteiger partial charge in [0.15, 0.2) is 0 Å². The summed E-state index contributed by atoms with van der Waals surface area (Å²) in [6, 6.07) is 13.8. The number of benzene rings is 1. The maximum Gasteiger partial charge on any atom is 0.251 e. The predicted octanol–water partition coefficient (Wildman–Crippen LogP) is 3.11. The number of nitrogens with one attached hydrogen (secondary N) is 4. The molecule has 0 radical (unpaired) electrons. The lowest BCUT2D eigenvalue weighted by atomic mass is 9.82. The first-order valence-electron chi connectivity index (χ1n) is 11.1. The quantitative estimate of drug-likeness (QED) is 0.399. The van der Waals surface area contributed by atoms with E-state index in [1.54, 1.807) is 6.07 Å². The molecule has 2 aliphatic rings. The average Bonchev–Trinajstić information content (AvgIpc) is 3.50. The fourth-order valence-electron chi connectivity index (χ4n) is 4.47. The summed E-state index contributed by atoms with van der Waals surface area (Å²) in [7, 11) is 0. The molecule has 1 amide bonds. The van der Waals surface area contributed by atoms with Gasteiger partial charge >= 0.3 is 0 Å². The highest BCUT2D eigenvalue weighted by Crippen LogP contribution is 2.34. The minimum Gasteiger partial charge on any atom is -0.356 e. The van der Waals surface area contributed by atoms with Gasteiger partial charge in [-0.2, -0.15) is 0 Å². The van der Waals surface area contributed by atoms with E-state index in [0.29, 0.717) is 24.1 Å². The lowest BCUT2D eigenvalue weighted by Gasteiger charge is -2.35. The van der Waals surface area contributed by atoms with Crippen molar-refractivity contribution in [3.05, 3.63) is 59.4 Å². The number of hydrogen-bond acceptors (Lipinski definition) is 8. The molecule has 0 spiro atoms. The summed E-state index contributed by atoms with van der Waals surface area (Å²) in [6.45, 7) is 3.19. The Labute approximate surface area is 201 Å². The molecule has 1 saturated carbocycles. The topological polar surface area (TPSA) is 104 Å². The molecule has 4 N–H and O–H groups in total. The Balaban J connectivity index is 1.23. The molecule has 4 unspecified atom stereocenters. The molecule has 2 fully saturated rings. The molecule has 0 bridgehead atoms. The number of anilines is 1. The first-order valence-corrected chi connectivity index (χ1v) is 12.4. The van der Waals surface area contributed by atoms with Gasteiger partial charge < -0.3 is 10.6 Å². The Morgan fingerprint density at radius 3 is 2.97 bits per heavy atom. The smallest absolute Gasteiger partial charge is 0.251 e. The molecule has 1 aromatic carbocycles. The lowest BCUT2D eigenvalue weighted by molar-refractivity contribution is 0.0950. The van der Waals surface area contributed by atoms with E-state index in [0.717, 1.165) is 46.5 Å². The molecule has 172 valence electrons. The summed E-state index contributed by atoms with van der Waals surface area (Å²) < 4.78 is 0. The van der Waals surface area contributed by atoms with E-state index in [-0.39, 0.29) is 17.3 Å². The summed E-state index contributed by atoms with van der Waals surface area (Å²) >= 11 is 8.23. The second-order valence-electron chi connectivity index (χ2n) is 8.51. The number of alkyl halides is 1. The predicted molar refractivity (Wildman–Crippen MR) is 130 cm³/mol. The molecule has 1 aliphatic carbocycles. The van der Waals surface area contributed by atoms with E-state index in [1.807, 2.05) is 43.3 Å². The summed E-state index contributed by atoms with van der Waals surface area (Å²) in [4.78, 5) is 17.1. The Hall–Kier alpha value is -2.59. The van der Waals surface area contributed by atoms with Gasteiger partial charge in [-0.3, -0.25) is 20.6 Å². The van der Waals surface area contributed by atoms with Crippen LogP contribution in [0.1, 0.15) is 34.6 Å². The number of hydrazine groups is 1. The zero-order valence-corrected chi connectivity index (χ0v) is 19.8. The van der Waals surface area contributed by atoms with E-state index in [4.69, 9.17) is 11.6 Å². The zero-order valence-electron chi connectivity index (χ0n) is 18.2. The van der Waals surface area contributed by atoms with Crippen LogP contribution in [0.3, 0.4) is 0 Å². The molecule has 3 heterocycles. The van der Waals surface area contributed by atoms with Crippen molar-refractivity contribution in [2.45, 2.75) is 43.8 Å². The third-order valence-corrected chi connectivity index (χ3v) is 7.74. The van der Waals surface area contributed by atoms with E-state index >= 15 is 0 Å². The SMILES string of the molecule is Cc1cccc(CNC(=O)c2cccc(-c3nnc(NC4CCC5NNCC5C4Cl)s3)c2)n1. The standard InChI is InChI=1S/C23H26ClN7OS/c1-13-4-2-7-16(27-13)11-25-21(32)14-5-3-6-15(10-14)22-30-31-23(33-22)28-19-9-8-18-17(20(19)24)12-26-29-18/h2-7,10,17-20,26,29H,8-9,11-12H2,1H3,(H,25,32)(H,28,31). The molecule has 3 aromatic rings. The molecule has 2 aromatic heterocycles. The highest BCUT2D eigenvalue weighted by molar-refractivity contribution is 7.18. The summed E-state index contributed by atoms with van der Waals surface area (Å²) in [5.41, 5.74) is 9.71. The summed E-state index contributed by atoms with van der Waals surface area (Å²) in [6.07, 6.45) is 2.05. The first kappa shape index (κ1) is 22.2. The molecule has 8 nitrogen and oxygen atoms in total. The Morgan fingerprint density at radius 1 is 1.21 bits per heavy atom. The van der Waals surface area contributed by atoms with Crippen molar-refractivity contribution in [2.24, 2.45) is 5.92 Å². The number of aromatic nitrogens is 3. The minimum atomic E-state index is -0.149. The van der Waals surface area contributed by atoms with Crippen LogP contribution in [0.15, 0.2) is 42.5 Å². The summed E-state index contributed by atoms with van der Waals surface area (Å²) in [5, 5.41) is 16.6. The highest BCUT2D eigenvalue weighted by Gasteiger charge is 2.41. The molecule has 1 aliphatic heterocycles. The van der Waals surface area contributed by atoms with Crippen LogP contribution in [0, 0.1) is 12.8 Å². The van der Waals surface area contributed by atoms with Crippen LogP contribution in [0.4, 0.5) is 5.13 Å². The number of carbonyl (C=O) groups excluding carboxylic acids is 1. The number of carbonyl (C=O) groups is 1. The van der Waals surface area contributed by atoms with Gasteiger partial charge in [-0.25, -0.2) is 0 Å². The summed E-state index contributed by atoms with van der Waals surface area (Å²) in [5.74, 6) is 0.249. The maximum atomic E-state index is 12.7. The van der Waals surface area contributed by atoms with Crippen LogP contribution in [0.25, 0.3) is 10.6 Å². The largest absolute Gasteiger partial charge is 0.356 e. The van der Waals surface area contributed by atoms with E-state index < -0.39 is 0 Å². The van der Waals surface area contributed by atoms with E-state index in [9.17, 15) is 4.79 Å². The molecular formula is C23H26ClN7OS. The maximum absolute atomic E-state index is 12.7. The molecule has 4 atom stereocenters. The third-order valence-electron chi connectivity index (χ3n) is 6.21. The van der Waals surface area contributed by atoms with E-state index in [1.165, 1.54) is 11.3 Å². The minimum absolute atomic E-state index is 0.0218. The Kier molecular flexibility index (Phi) is 6.55. The van der Waals surface area contributed by atoms with Crippen molar-refractivity contribution in [3.8, 4) is 10.6 Å². The van der Waals surface area contributed by atoms with E-state index in [2.05, 4.69) is 36.7 Å². The highest BCUT2D eigenvalue weighted by atomic mass is 35.5. The second-order valence-corrected chi connectivity index (χ2v) is 10.00. The third kappa shape index (κ3) is 5.01. The number of halogens is 1. The van der Waals surface area contributed by atoms with Crippen molar-refractivity contribution in [1.29, 1.82) is 0 Å². The van der Waals surface area contributed by atoms with Crippen LogP contribution in [-0.4, -0.2) is 45.1 Å². The number of pyridine rings is 1. The monoisotopic (exact) mass is 483 g/mol. The first-order chi connectivity index (χ1) is 16.1. The van der Waals surface area contributed by atoms with Crippen molar-refractivity contribution in [1.82, 2.24) is 31.3 Å². The van der Waals surface area contributed by atoms with Gasteiger partial charge in [-0.15, -0.1) is 21.8 Å². The fraction of sp³-hybridized carbons (Fsp3) is 0.391. The van der Waals surface area contributed by atoms with Gasteiger partial charge in [0.2, 0.25) is 5.13 Å². The lowest BCUT2D eigenvalue weighted by Crippen LogP contribution is -2.47. The molecule has 33 heavy (non-hydrogen) atoms. The molecule has 10 heteroatoms. The molecule has 1 saturated heterocycles. The van der Waals surface area contributed by atoms with Crippen molar-refractivity contribution >= 4 is 34.0 Å².